The number of rotatable bonds is 3. The van der Waals surface area contributed by atoms with Crippen LogP contribution in [0.1, 0.15) is 18.7 Å². The predicted molar refractivity (Wildman–Crippen MR) is 68.3 cm³/mol. The standard InChI is InChI=1S/C13H15ClN2O/c14-10-2-3-11-12(7-10)17-13(16-11)4-1-9-5-6-15-8-9/h2-3,7,9,15H,1,4-6,8H2. The van der Waals surface area contributed by atoms with E-state index in [1.807, 2.05) is 18.2 Å². The molecular formula is C13H15ClN2O. The summed E-state index contributed by atoms with van der Waals surface area (Å²) in [7, 11) is 0. The molecule has 1 aromatic carbocycles. The first-order chi connectivity index (χ1) is 8.31. The van der Waals surface area contributed by atoms with E-state index < -0.39 is 0 Å². The number of nitrogens with one attached hydrogen (secondary N) is 1. The molecule has 1 aromatic heterocycles. The van der Waals surface area contributed by atoms with Gasteiger partial charge in [-0.1, -0.05) is 11.6 Å². The highest BCUT2D eigenvalue weighted by Crippen LogP contribution is 2.22. The van der Waals surface area contributed by atoms with Gasteiger partial charge in [-0.3, -0.25) is 0 Å². The minimum atomic E-state index is 0.695. The largest absolute Gasteiger partial charge is 0.441 e. The normalized spacial score (nSPS) is 20.2. The minimum absolute atomic E-state index is 0.695. The number of oxazole rings is 1. The molecule has 0 bridgehead atoms. The van der Waals surface area contributed by atoms with Gasteiger partial charge in [0.25, 0.3) is 0 Å². The lowest BCUT2D eigenvalue weighted by molar-refractivity contribution is 0.466. The van der Waals surface area contributed by atoms with Gasteiger partial charge in [-0.05, 0) is 44.0 Å². The van der Waals surface area contributed by atoms with E-state index in [-0.39, 0.29) is 0 Å². The molecule has 90 valence electrons. The number of halogens is 1. The van der Waals surface area contributed by atoms with Crippen molar-refractivity contribution in [1.82, 2.24) is 10.3 Å². The highest BCUT2D eigenvalue weighted by Gasteiger charge is 2.15. The van der Waals surface area contributed by atoms with Gasteiger partial charge in [0.2, 0.25) is 0 Å². The minimum Gasteiger partial charge on any atom is -0.441 e. The van der Waals surface area contributed by atoms with E-state index in [1.54, 1.807) is 0 Å². The molecule has 2 heterocycles. The monoisotopic (exact) mass is 250 g/mol. The Morgan fingerprint density at radius 2 is 2.41 bits per heavy atom. The Hall–Kier alpha value is -1.06. The zero-order valence-corrected chi connectivity index (χ0v) is 10.3. The van der Waals surface area contributed by atoms with Gasteiger partial charge in [-0.2, -0.15) is 0 Å². The third-order valence-electron chi connectivity index (χ3n) is 3.32. The van der Waals surface area contributed by atoms with E-state index in [4.69, 9.17) is 16.0 Å². The summed E-state index contributed by atoms with van der Waals surface area (Å²) in [5.41, 5.74) is 1.69. The van der Waals surface area contributed by atoms with Crippen LogP contribution in [0.15, 0.2) is 22.6 Å². The summed E-state index contributed by atoms with van der Waals surface area (Å²) >= 11 is 5.91. The molecule has 0 saturated carbocycles. The second-order valence-corrected chi connectivity index (χ2v) is 5.05. The Morgan fingerprint density at radius 1 is 1.47 bits per heavy atom. The van der Waals surface area contributed by atoms with Crippen molar-refractivity contribution in [2.45, 2.75) is 19.3 Å². The molecule has 3 nitrogen and oxygen atoms in total. The molecule has 1 N–H and O–H groups in total. The molecule has 0 spiro atoms. The third kappa shape index (κ3) is 2.45. The van der Waals surface area contributed by atoms with E-state index >= 15 is 0 Å². The second-order valence-electron chi connectivity index (χ2n) is 4.62. The molecule has 3 rings (SSSR count). The highest BCUT2D eigenvalue weighted by molar-refractivity contribution is 6.31. The van der Waals surface area contributed by atoms with E-state index in [0.29, 0.717) is 5.02 Å². The lowest BCUT2D eigenvalue weighted by Crippen LogP contribution is -2.09. The number of fused-ring (bicyclic) bond motifs is 1. The topological polar surface area (TPSA) is 38.1 Å². The van der Waals surface area contributed by atoms with Gasteiger partial charge in [-0.15, -0.1) is 0 Å². The molecule has 1 saturated heterocycles. The zero-order valence-electron chi connectivity index (χ0n) is 9.58. The molecule has 1 fully saturated rings. The van der Waals surface area contributed by atoms with Crippen LogP contribution in [-0.4, -0.2) is 18.1 Å². The molecule has 2 aromatic rings. The van der Waals surface area contributed by atoms with Crippen molar-refractivity contribution in [3.8, 4) is 0 Å². The van der Waals surface area contributed by atoms with Crippen molar-refractivity contribution in [2.24, 2.45) is 5.92 Å². The Balaban J connectivity index is 1.72. The van der Waals surface area contributed by atoms with Crippen LogP contribution in [0.25, 0.3) is 11.1 Å². The van der Waals surface area contributed by atoms with Gasteiger partial charge in [-0.25, -0.2) is 4.98 Å². The van der Waals surface area contributed by atoms with Crippen LogP contribution in [-0.2, 0) is 6.42 Å². The number of hydrogen-bond donors (Lipinski definition) is 1. The average molecular weight is 251 g/mol. The summed E-state index contributed by atoms with van der Waals surface area (Å²) in [6.45, 7) is 2.28. The van der Waals surface area contributed by atoms with Crippen LogP contribution in [0.2, 0.25) is 5.02 Å². The fraction of sp³-hybridized carbons (Fsp3) is 0.462. The molecule has 1 unspecified atom stereocenters. The lowest BCUT2D eigenvalue weighted by atomic mass is 10.0. The van der Waals surface area contributed by atoms with Crippen LogP contribution in [0.3, 0.4) is 0 Å². The number of aryl methyl sites for hydroxylation is 1. The molecule has 4 heteroatoms. The van der Waals surface area contributed by atoms with Crippen LogP contribution in [0.5, 0.6) is 0 Å². The molecular weight excluding hydrogens is 236 g/mol. The van der Waals surface area contributed by atoms with Gasteiger partial charge in [0.05, 0.1) is 0 Å². The van der Waals surface area contributed by atoms with E-state index in [1.165, 1.54) is 6.42 Å². The lowest BCUT2D eigenvalue weighted by Gasteiger charge is -2.04. The van der Waals surface area contributed by atoms with Crippen LogP contribution in [0.4, 0.5) is 0 Å². The van der Waals surface area contributed by atoms with Crippen molar-refractivity contribution in [1.29, 1.82) is 0 Å². The summed E-state index contributed by atoms with van der Waals surface area (Å²) < 4.78 is 5.69. The number of aromatic nitrogens is 1. The molecule has 17 heavy (non-hydrogen) atoms. The van der Waals surface area contributed by atoms with Gasteiger partial charge >= 0.3 is 0 Å². The summed E-state index contributed by atoms with van der Waals surface area (Å²) in [6.07, 6.45) is 3.33. The Bertz CT molecular complexity index is 517. The van der Waals surface area contributed by atoms with Gasteiger partial charge in [0.15, 0.2) is 11.5 Å². The second kappa shape index (κ2) is 4.67. The summed E-state index contributed by atoms with van der Waals surface area (Å²) in [5, 5.41) is 4.07. The number of benzene rings is 1. The van der Waals surface area contributed by atoms with Crippen LogP contribution in [0, 0.1) is 5.92 Å². The Morgan fingerprint density at radius 3 is 3.24 bits per heavy atom. The van der Waals surface area contributed by atoms with E-state index in [9.17, 15) is 0 Å². The zero-order chi connectivity index (χ0) is 11.7. The molecule has 0 amide bonds. The van der Waals surface area contributed by atoms with Crippen molar-refractivity contribution < 1.29 is 4.42 Å². The van der Waals surface area contributed by atoms with E-state index in [2.05, 4.69) is 10.3 Å². The van der Waals surface area contributed by atoms with Gasteiger partial charge < -0.3 is 9.73 Å². The smallest absolute Gasteiger partial charge is 0.195 e. The van der Waals surface area contributed by atoms with Crippen LogP contribution < -0.4 is 5.32 Å². The maximum Gasteiger partial charge on any atom is 0.195 e. The number of hydrogen-bond acceptors (Lipinski definition) is 3. The SMILES string of the molecule is Clc1ccc2nc(CCC3CCNC3)oc2c1. The van der Waals surface area contributed by atoms with Crippen LogP contribution >= 0.6 is 11.6 Å². The fourth-order valence-electron chi connectivity index (χ4n) is 2.34. The van der Waals surface area contributed by atoms with Crippen molar-refractivity contribution >= 4 is 22.7 Å². The van der Waals surface area contributed by atoms with Gasteiger partial charge in [0.1, 0.15) is 5.52 Å². The average Bonchev–Trinajstić information content (AvgIpc) is 2.94. The Labute approximate surface area is 105 Å². The quantitative estimate of drug-likeness (QED) is 0.910. The third-order valence-corrected chi connectivity index (χ3v) is 3.56. The maximum atomic E-state index is 5.91. The highest BCUT2D eigenvalue weighted by atomic mass is 35.5. The summed E-state index contributed by atoms with van der Waals surface area (Å²) in [6, 6.07) is 5.57. The van der Waals surface area contributed by atoms with Gasteiger partial charge in [0, 0.05) is 17.5 Å². The molecule has 1 atom stereocenters. The molecule has 1 aliphatic heterocycles. The first-order valence-electron chi connectivity index (χ1n) is 6.07. The first kappa shape index (κ1) is 11.1. The van der Waals surface area contributed by atoms with E-state index in [0.717, 1.165) is 48.8 Å². The molecule has 1 aliphatic rings. The Kier molecular flexibility index (Phi) is 3.04. The van der Waals surface area contributed by atoms with Crippen molar-refractivity contribution in [2.75, 3.05) is 13.1 Å². The predicted octanol–water partition coefficient (Wildman–Crippen LogP) is 3.02. The van der Waals surface area contributed by atoms with Crippen molar-refractivity contribution in [3.63, 3.8) is 0 Å². The summed E-state index contributed by atoms with van der Waals surface area (Å²) in [4.78, 5) is 4.47. The van der Waals surface area contributed by atoms with Crippen molar-refractivity contribution in [3.05, 3.63) is 29.1 Å². The fourth-order valence-corrected chi connectivity index (χ4v) is 2.50. The summed E-state index contributed by atoms with van der Waals surface area (Å²) in [5.74, 6) is 1.60. The number of nitrogens with zero attached hydrogens (tertiary/aromatic N) is 1. The molecule has 0 radical (unpaired) electrons. The maximum absolute atomic E-state index is 5.91. The first-order valence-corrected chi connectivity index (χ1v) is 6.45. The molecule has 0 aliphatic carbocycles.